The van der Waals surface area contributed by atoms with Crippen LogP contribution < -0.4 is 5.32 Å². The van der Waals surface area contributed by atoms with Crippen LogP contribution in [0.15, 0.2) is 18.2 Å². The van der Waals surface area contributed by atoms with Gasteiger partial charge < -0.3 is 10.1 Å². The van der Waals surface area contributed by atoms with Crippen LogP contribution in [-0.2, 0) is 11.3 Å². The van der Waals surface area contributed by atoms with Gasteiger partial charge in [-0.25, -0.2) is 0 Å². The fraction of sp³-hybridized carbons (Fsp3) is 0.500. The van der Waals surface area contributed by atoms with E-state index in [-0.39, 0.29) is 0 Å². The van der Waals surface area contributed by atoms with Crippen LogP contribution in [-0.4, -0.2) is 20.3 Å². The Morgan fingerprint density at radius 3 is 2.75 bits per heavy atom. The van der Waals surface area contributed by atoms with Gasteiger partial charge in [-0.15, -0.1) is 0 Å². The molecule has 1 unspecified atom stereocenters. The van der Waals surface area contributed by atoms with Gasteiger partial charge in [-0.05, 0) is 23.6 Å². The van der Waals surface area contributed by atoms with Gasteiger partial charge in [0.25, 0.3) is 0 Å². The lowest BCUT2D eigenvalue weighted by Crippen LogP contribution is -2.23. The Labute approximate surface area is 107 Å². The molecule has 0 bridgehead atoms. The predicted molar refractivity (Wildman–Crippen MR) is 69.2 cm³/mol. The number of hydrogen-bond donors (Lipinski definition) is 1. The number of rotatable bonds is 6. The van der Waals surface area contributed by atoms with Crippen molar-refractivity contribution in [1.82, 2.24) is 5.32 Å². The van der Waals surface area contributed by atoms with Gasteiger partial charge >= 0.3 is 0 Å². The maximum atomic E-state index is 6.06. The van der Waals surface area contributed by atoms with Crippen molar-refractivity contribution in [3.8, 4) is 0 Å². The Hall–Kier alpha value is -0.280. The average Bonchev–Trinajstić information content (AvgIpc) is 2.22. The minimum atomic E-state index is 0.496. The van der Waals surface area contributed by atoms with Gasteiger partial charge in [0.2, 0.25) is 0 Å². The second-order valence-electron chi connectivity index (χ2n) is 3.93. The monoisotopic (exact) mass is 261 g/mol. The van der Waals surface area contributed by atoms with Crippen LogP contribution >= 0.6 is 23.2 Å². The Bertz CT molecular complexity index is 331. The molecule has 1 aromatic rings. The molecular weight excluding hydrogens is 245 g/mol. The summed E-state index contributed by atoms with van der Waals surface area (Å²) in [6.07, 6.45) is 0. The summed E-state index contributed by atoms with van der Waals surface area (Å²) in [4.78, 5) is 0. The molecule has 1 aromatic carbocycles. The summed E-state index contributed by atoms with van der Waals surface area (Å²) in [7, 11) is 1.71. The molecule has 4 heteroatoms. The Morgan fingerprint density at radius 2 is 2.12 bits per heavy atom. The Kier molecular flexibility index (Phi) is 6.14. The largest absolute Gasteiger partial charge is 0.384 e. The van der Waals surface area contributed by atoms with Gasteiger partial charge in [0.15, 0.2) is 0 Å². The minimum absolute atomic E-state index is 0.496. The molecule has 1 atom stereocenters. The fourth-order valence-corrected chi connectivity index (χ4v) is 1.94. The molecule has 0 amide bonds. The molecule has 1 N–H and O–H groups in total. The van der Waals surface area contributed by atoms with Crippen molar-refractivity contribution in [2.75, 3.05) is 20.3 Å². The highest BCUT2D eigenvalue weighted by Gasteiger charge is 2.03. The molecule has 0 spiro atoms. The van der Waals surface area contributed by atoms with E-state index in [1.54, 1.807) is 13.2 Å². The van der Waals surface area contributed by atoms with Gasteiger partial charge in [-0.2, -0.15) is 0 Å². The first-order chi connectivity index (χ1) is 7.63. The van der Waals surface area contributed by atoms with Crippen molar-refractivity contribution in [3.05, 3.63) is 33.8 Å². The van der Waals surface area contributed by atoms with Crippen LogP contribution in [0.5, 0.6) is 0 Å². The molecule has 0 heterocycles. The van der Waals surface area contributed by atoms with Crippen LogP contribution in [0.25, 0.3) is 0 Å². The summed E-state index contributed by atoms with van der Waals surface area (Å²) < 4.78 is 5.06. The molecule has 0 aliphatic heterocycles. The summed E-state index contributed by atoms with van der Waals surface area (Å²) >= 11 is 11.9. The van der Waals surface area contributed by atoms with Crippen molar-refractivity contribution < 1.29 is 4.74 Å². The van der Waals surface area contributed by atoms with Crippen LogP contribution in [0.2, 0.25) is 10.0 Å². The van der Waals surface area contributed by atoms with E-state index in [9.17, 15) is 0 Å². The third-order valence-electron chi connectivity index (χ3n) is 2.27. The number of ether oxygens (including phenoxy) is 1. The quantitative estimate of drug-likeness (QED) is 0.848. The van der Waals surface area contributed by atoms with Crippen LogP contribution in [0.1, 0.15) is 12.5 Å². The summed E-state index contributed by atoms with van der Waals surface area (Å²) in [5, 5.41) is 4.71. The highest BCUT2D eigenvalue weighted by Crippen LogP contribution is 2.20. The Morgan fingerprint density at radius 1 is 1.38 bits per heavy atom. The summed E-state index contributed by atoms with van der Waals surface area (Å²) in [6, 6.07) is 5.56. The predicted octanol–water partition coefficient (Wildman–Crippen LogP) is 3.37. The highest BCUT2D eigenvalue weighted by molar-refractivity contribution is 6.35. The SMILES string of the molecule is COCC(C)CNCc1ccc(Cl)cc1Cl. The molecule has 1 rings (SSSR count). The number of hydrogen-bond acceptors (Lipinski definition) is 2. The van der Waals surface area contributed by atoms with E-state index in [1.165, 1.54) is 0 Å². The van der Waals surface area contributed by atoms with Crippen molar-refractivity contribution in [2.45, 2.75) is 13.5 Å². The lowest BCUT2D eigenvalue weighted by atomic mass is 10.2. The lowest BCUT2D eigenvalue weighted by molar-refractivity contribution is 0.158. The Balaban J connectivity index is 2.37. The van der Waals surface area contributed by atoms with Gasteiger partial charge in [0.05, 0.1) is 0 Å². The first-order valence-electron chi connectivity index (χ1n) is 5.27. The maximum absolute atomic E-state index is 6.06. The second-order valence-corrected chi connectivity index (χ2v) is 4.77. The molecule has 16 heavy (non-hydrogen) atoms. The topological polar surface area (TPSA) is 21.3 Å². The van der Waals surface area contributed by atoms with E-state index >= 15 is 0 Å². The summed E-state index contributed by atoms with van der Waals surface area (Å²) in [6.45, 7) is 4.57. The van der Waals surface area contributed by atoms with Crippen LogP contribution in [0.4, 0.5) is 0 Å². The molecule has 90 valence electrons. The highest BCUT2D eigenvalue weighted by atomic mass is 35.5. The van der Waals surface area contributed by atoms with Crippen molar-refractivity contribution in [1.29, 1.82) is 0 Å². The molecule has 0 aromatic heterocycles. The van der Waals surface area contributed by atoms with E-state index in [2.05, 4.69) is 12.2 Å². The number of nitrogens with one attached hydrogen (secondary N) is 1. The molecule has 0 aliphatic rings. The van der Waals surface area contributed by atoms with Gasteiger partial charge in [-0.1, -0.05) is 36.2 Å². The third-order valence-corrected chi connectivity index (χ3v) is 2.86. The standard InChI is InChI=1S/C12H17Cl2NO/c1-9(8-16-2)6-15-7-10-3-4-11(13)5-12(10)14/h3-5,9,15H,6-8H2,1-2H3. The van der Waals surface area contributed by atoms with Gasteiger partial charge in [0.1, 0.15) is 0 Å². The van der Waals surface area contributed by atoms with Crippen molar-refractivity contribution in [3.63, 3.8) is 0 Å². The third kappa shape index (κ3) is 4.71. The number of halogens is 2. The van der Waals surface area contributed by atoms with Crippen molar-refractivity contribution in [2.24, 2.45) is 5.92 Å². The summed E-state index contributed by atoms with van der Waals surface area (Å²) in [5.74, 6) is 0.496. The second kappa shape index (κ2) is 7.13. The molecule has 2 nitrogen and oxygen atoms in total. The van der Waals surface area contributed by atoms with E-state index < -0.39 is 0 Å². The fourth-order valence-electron chi connectivity index (χ4n) is 1.46. The van der Waals surface area contributed by atoms with Crippen LogP contribution in [0.3, 0.4) is 0 Å². The van der Waals surface area contributed by atoms with Gasteiger partial charge in [-0.3, -0.25) is 0 Å². The van der Waals surface area contributed by atoms with E-state index in [0.717, 1.165) is 25.3 Å². The zero-order chi connectivity index (χ0) is 12.0. The number of methoxy groups -OCH3 is 1. The summed E-state index contributed by atoms with van der Waals surface area (Å²) in [5.41, 5.74) is 1.07. The molecule has 0 radical (unpaired) electrons. The first-order valence-corrected chi connectivity index (χ1v) is 6.02. The maximum Gasteiger partial charge on any atom is 0.0499 e. The van der Waals surface area contributed by atoms with E-state index in [1.807, 2.05) is 12.1 Å². The molecule has 0 fully saturated rings. The number of benzene rings is 1. The average molecular weight is 262 g/mol. The normalized spacial score (nSPS) is 12.8. The van der Waals surface area contributed by atoms with Gasteiger partial charge in [0, 0.05) is 36.9 Å². The lowest BCUT2D eigenvalue weighted by Gasteiger charge is -2.12. The van der Waals surface area contributed by atoms with E-state index in [4.69, 9.17) is 27.9 Å². The zero-order valence-electron chi connectivity index (χ0n) is 9.59. The zero-order valence-corrected chi connectivity index (χ0v) is 11.1. The molecule has 0 saturated heterocycles. The molecular formula is C12H17Cl2NO. The molecule has 0 aliphatic carbocycles. The van der Waals surface area contributed by atoms with E-state index in [0.29, 0.717) is 16.0 Å². The minimum Gasteiger partial charge on any atom is -0.384 e. The van der Waals surface area contributed by atoms with Crippen LogP contribution in [0, 0.1) is 5.92 Å². The molecule has 0 saturated carbocycles. The van der Waals surface area contributed by atoms with Crippen molar-refractivity contribution >= 4 is 23.2 Å². The first kappa shape index (κ1) is 13.8. The smallest absolute Gasteiger partial charge is 0.0499 e.